The number of carbonyl (C=O) groups excluding carboxylic acids is 1. The van der Waals surface area contributed by atoms with Crippen molar-refractivity contribution in [3.63, 3.8) is 0 Å². The van der Waals surface area contributed by atoms with Gasteiger partial charge in [0.05, 0.1) is 5.75 Å². The number of piperidine rings is 1. The summed E-state index contributed by atoms with van der Waals surface area (Å²) in [5, 5.41) is 0. The molecule has 2 saturated heterocycles. The van der Waals surface area contributed by atoms with E-state index in [2.05, 4.69) is 11.8 Å². The Labute approximate surface area is 156 Å². The first kappa shape index (κ1) is 19.3. The molecule has 0 spiro atoms. The molecule has 1 atom stereocenters. The molecule has 0 radical (unpaired) electrons. The number of likely N-dealkylation sites (N-methyl/N-ethyl adjacent to an activating group) is 1. The minimum Gasteiger partial charge on any atom is -0.338 e. The lowest BCUT2D eigenvalue weighted by Crippen LogP contribution is -2.47. The zero-order valence-electron chi connectivity index (χ0n) is 15.7. The van der Waals surface area contributed by atoms with Gasteiger partial charge in [-0.1, -0.05) is 19.1 Å². The van der Waals surface area contributed by atoms with Gasteiger partial charge in [0.1, 0.15) is 0 Å². The van der Waals surface area contributed by atoms with Crippen LogP contribution >= 0.6 is 0 Å². The number of sulfonamides is 1. The summed E-state index contributed by atoms with van der Waals surface area (Å²) in [6.07, 6.45) is 2.22. The van der Waals surface area contributed by atoms with E-state index in [0.29, 0.717) is 24.6 Å². The van der Waals surface area contributed by atoms with Gasteiger partial charge < -0.3 is 9.80 Å². The minimum atomic E-state index is -3.31. The highest BCUT2D eigenvalue weighted by Gasteiger charge is 2.26. The molecule has 1 amide bonds. The standard InChI is InChI=1S/C19H29N3O3S/c1-16-4-3-9-21(14-16)19(23)18-7-5-17(6-8-18)15-26(24,25)22-12-10-20(2)11-13-22/h5-8,16H,3-4,9-15H2,1-2H3/t16-/m0/s1. The fourth-order valence-electron chi connectivity index (χ4n) is 3.67. The second-order valence-electron chi connectivity index (χ2n) is 7.65. The van der Waals surface area contributed by atoms with E-state index in [1.54, 1.807) is 28.6 Å². The summed E-state index contributed by atoms with van der Waals surface area (Å²) >= 11 is 0. The normalized spacial score (nSPS) is 23.2. The van der Waals surface area contributed by atoms with E-state index in [1.165, 1.54) is 6.42 Å². The monoisotopic (exact) mass is 379 g/mol. The Hall–Kier alpha value is -1.44. The molecule has 2 fully saturated rings. The van der Waals surface area contributed by atoms with Crippen LogP contribution in [0.3, 0.4) is 0 Å². The number of hydrogen-bond donors (Lipinski definition) is 0. The highest BCUT2D eigenvalue weighted by Crippen LogP contribution is 2.19. The van der Waals surface area contributed by atoms with Crippen LogP contribution in [0, 0.1) is 5.92 Å². The first-order valence-electron chi connectivity index (χ1n) is 9.40. The van der Waals surface area contributed by atoms with Crippen LogP contribution in [0.5, 0.6) is 0 Å². The molecule has 26 heavy (non-hydrogen) atoms. The number of likely N-dealkylation sites (tertiary alicyclic amines) is 1. The zero-order valence-corrected chi connectivity index (χ0v) is 16.5. The molecule has 2 aliphatic heterocycles. The molecule has 1 aromatic carbocycles. The van der Waals surface area contributed by atoms with Gasteiger partial charge in [0.2, 0.25) is 10.0 Å². The third-order valence-corrected chi connectivity index (χ3v) is 7.20. The summed E-state index contributed by atoms with van der Waals surface area (Å²) in [7, 11) is -1.31. The Bertz CT molecular complexity index is 725. The van der Waals surface area contributed by atoms with Crippen molar-refractivity contribution in [2.45, 2.75) is 25.5 Å². The van der Waals surface area contributed by atoms with Gasteiger partial charge in [0.15, 0.2) is 0 Å². The van der Waals surface area contributed by atoms with Crippen LogP contribution in [0.4, 0.5) is 0 Å². The summed E-state index contributed by atoms with van der Waals surface area (Å²) in [4.78, 5) is 16.7. The highest BCUT2D eigenvalue weighted by atomic mass is 32.2. The summed E-state index contributed by atoms with van der Waals surface area (Å²) in [5.74, 6) is 0.581. The van der Waals surface area contributed by atoms with Crippen molar-refractivity contribution in [1.82, 2.24) is 14.1 Å². The highest BCUT2D eigenvalue weighted by molar-refractivity contribution is 7.88. The lowest BCUT2D eigenvalue weighted by molar-refractivity contribution is 0.0683. The smallest absolute Gasteiger partial charge is 0.253 e. The van der Waals surface area contributed by atoms with E-state index in [4.69, 9.17) is 0 Å². The molecule has 0 bridgehead atoms. The van der Waals surface area contributed by atoms with Crippen LogP contribution in [0.2, 0.25) is 0 Å². The average molecular weight is 380 g/mol. The van der Waals surface area contributed by atoms with Crippen molar-refractivity contribution >= 4 is 15.9 Å². The molecule has 0 N–H and O–H groups in total. The summed E-state index contributed by atoms with van der Waals surface area (Å²) in [5.41, 5.74) is 1.37. The Morgan fingerprint density at radius 3 is 2.35 bits per heavy atom. The molecule has 0 saturated carbocycles. The number of piperazine rings is 1. The quantitative estimate of drug-likeness (QED) is 0.798. The Kier molecular flexibility index (Phi) is 5.99. The van der Waals surface area contributed by atoms with E-state index in [-0.39, 0.29) is 11.7 Å². The molecule has 144 valence electrons. The van der Waals surface area contributed by atoms with Crippen LogP contribution in [0.15, 0.2) is 24.3 Å². The first-order valence-corrected chi connectivity index (χ1v) is 11.0. The van der Waals surface area contributed by atoms with Gasteiger partial charge in [-0.15, -0.1) is 0 Å². The predicted octanol–water partition coefficient (Wildman–Crippen LogP) is 1.64. The predicted molar refractivity (Wildman–Crippen MR) is 102 cm³/mol. The van der Waals surface area contributed by atoms with Gasteiger partial charge in [0.25, 0.3) is 5.91 Å². The summed E-state index contributed by atoms with van der Waals surface area (Å²) in [6, 6.07) is 7.06. The topological polar surface area (TPSA) is 60.9 Å². The Morgan fingerprint density at radius 2 is 1.73 bits per heavy atom. The third kappa shape index (κ3) is 4.64. The Morgan fingerprint density at radius 1 is 1.08 bits per heavy atom. The molecule has 1 aromatic rings. The molecule has 2 heterocycles. The van der Waals surface area contributed by atoms with Crippen molar-refractivity contribution < 1.29 is 13.2 Å². The fraction of sp³-hybridized carbons (Fsp3) is 0.632. The van der Waals surface area contributed by atoms with Gasteiger partial charge >= 0.3 is 0 Å². The molecule has 3 rings (SSSR count). The SMILES string of the molecule is C[C@H]1CCCN(C(=O)c2ccc(CS(=O)(=O)N3CCN(C)CC3)cc2)C1. The van der Waals surface area contributed by atoms with Crippen LogP contribution < -0.4 is 0 Å². The zero-order chi connectivity index (χ0) is 18.7. The van der Waals surface area contributed by atoms with Crippen molar-refractivity contribution in [1.29, 1.82) is 0 Å². The molecular formula is C19H29N3O3S. The van der Waals surface area contributed by atoms with Gasteiger partial charge in [-0.3, -0.25) is 4.79 Å². The second-order valence-corrected chi connectivity index (χ2v) is 9.62. The van der Waals surface area contributed by atoms with E-state index in [0.717, 1.165) is 38.2 Å². The minimum absolute atomic E-state index is 0.00800. The van der Waals surface area contributed by atoms with Gasteiger partial charge in [-0.25, -0.2) is 8.42 Å². The summed E-state index contributed by atoms with van der Waals surface area (Å²) < 4.78 is 26.8. The maximum absolute atomic E-state index is 12.6. The molecule has 0 aliphatic carbocycles. The van der Waals surface area contributed by atoms with Crippen molar-refractivity contribution in [2.75, 3.05) is 46.3 Å². The van der Waals surface area contributed by atoms with Crippen LogP contribution in [0.1, 0.15) is 35.7 Å². The van der Waals surface area contributed by atoms with Crippen LogP contribution in [-0.2, 0) is 15.8 Å². The number of benzene rings is 1. The van der Waals surface area contributed by atoms with E-state index in [9.17, 15) is 13.2 Å². The molecule has 7 heteroatoms. The molecule has 0 aromatic heterocycles. The van der Waals surface area contributed by atoms with Gasteiger partial charge in [-0.05, 0) is 43.5 Å². The number of amides is 1. The fourth-order valence-corrected chi connectivity index (χ4v) is 5.18. The Balaban J connectivity index is 1.63. The third-order valence-electron chi connectivity index (χ3n) is 5.35. The van der Waals surface area contributed by atoms with Crippen molar-refractivity contribution in [3.05, 3.63) is 35.4 Å². The van der Waals surface area contributed by atoms with Crippen LogP contribution in [-0.4, -0.2) is 74.7 Å². The number of carbonyl (C=O) groups is 1. The van der Waals surface area contributed by atoms with E-state index in [1.807, 2.05) is 11.9 Å². The molecule has 0 unspecified atom stereocenters. The lowest BCUT2D eigenvalue weighted by Gasteiger charge is -2.31. The molecular weight excluding hydrogens is 350 g/mol. The van der Waals surface area contributed by atoms with Gasteiger partial charge in [0, 0.05) is 44.8 Å². The maximum atomic E-state index is 12.6. The average Bonchev–Trinajstić information content (AvgIpc) is 2.62. The molecule has 6 nitrogen and oxygen atoms in total. The van der Waals surface area contributed by atoms with Crippen molar-refractivity contribution in [2.24, 2.45) is 5.92 Å². The number of rotatable bonds is 4. The number of hydrogen-bond acceptors (Lipinski definition) is 4. The lowest BCUT2D eigenvalue weighted by atomic mass is 9.99. The maximum Gasteiger partial charge on any atom is 0.253 e. The first-order chi connectivity index (χ1) is 12.3. The van der Waals surface area contributed by atoms with Crippen molar-refractivity contribution in [3.8, 4) is 0 Å². The number of nitrogens with zero attached hydrogens (tertiary/aromatic N) is 3. The summed E-state index contributed by atoms with van der Waals surface area (Å²) in [6.45, 7) is 6.40. The van der Waals surface area contributed by atoms with E-state index >= 15 is 0 Å². The molecule has 2 aliphatic rings. The second kappa shape index (κ2) is 8.06. The van der Waals surface area contributed by atoms with Gasteiger partial charge in [-0.2, -0.15) is 4.31 Å². The largest absolute Gasteiger partial charge is 0.338 e. The van der Waals surface area contributed by atoms with E-state index < -0.39 is 10.0 Å². The van der Waals surface area contributed by atoms with Crippen LogP contribution in [0.25, 0.3) is 0 Å².